The Labute approximate surface area is 107 Å². The van der Waals surface area contributed by atoms with Crippen molar-refractivity contribution in [1.82, 2.24) is 0 Å². The lowest BCUT2D eigenvalue weighted by Gasteiger charge is -2.31. The Morgan fingerprint density at radius 1 is 1.00 bits per heavy atom. The fourth-order valence-corrected chi connectivity index (χ4v) is 2.14. The number of benzene rings is 1. The van der Waals surface area contributed by atoms with Crippen molar-refractivity contribution in [3.8, 4) is 0 Å². The lowest BCUT2D eigenvalue weighted by Crippen LogP contribution is -2.33. The molecule has 96 valence electrons. The van der Waals surface area contributed by atoms with Crippen LogP contribution in [-0.2, 0) is 0 Å². The molecular formula is C16H27N. The summed E-state index contributed by atoms with van der Waals surface area (Å²) in [6, 6.07) is 10.6. The molecule has 0 saturated heterocycles. The third-order valence-corrected chi connectivity index (χ3v) is 3.58. The molecule has 0 aromatic heterocycles. The van der Waals surface area contributed by atoms with Crippen molar-refractivity contribution in [3.05, 3.63) is 30.3 Å². The van der Waals surface area contributed by atoms with Crippen LogP contribution in [0.15, 0.2) is 30.3 Å². The van der Waals surface area contributed by atoms with E-state index in [1.165, 1.54) is 44.2 Å². The average molecular weight is 233 g/mol. The zero-order valence-corrected chi connectivity index (χ0v) is 11.6. The molecule has 0 bridgehead atoms. The van der Waals surface area contributed by atoms with Crippen molar-refractivity contribution in [2.24, 2.45) is 0 Å². The minimum Gasteiger partial charge on any atom is -0.380 e. The van der Waals surface area contributed by atoms with Gasteiger partial charge in [0.05, 0.1) is 0 Å². The summed E-state index contributed by atoms with van der Waals surface area (Å²) in [5, 5.41) is 3.68. The van der Waals surface area contributed by atoms with Gasteiger partial charge in [-0.05, 0) is 31.9 Å². The lowest BCUT2D eigenvalue weighted by atomic mass is 9.91. The van der Waals surface area contributed by atoms with Crippen LogP contribution in [-0.4, -0.2) is 5.54 Å². The van der Waals surface area contributed by atoms with E-state index >= 15 is 0 Å². The van der Waals surface area contributed by atoms with Gasteiger partial charge in [0.1, 0.15) is 0 Å². The van der Waals surface area contributed by atoms with Crippen LogP contribution in [0, 0.1) is 0 Å². The predicted molar refractivity (Wildman–Crippen MR) is 77.5 cm³/mol. The van der Waals surface area contributed by atoms with Crippen LogP contribution in [0.3, 0.4) is 0 Å². The fourth-order valence-electron chi connectivity index (χ4n) is 2.14. The first-order valence-electron chi connectivity index (χ1n) is 7.03. The third kappa shape index (κ3) is 5.25. The molecule has 1 aromatic rings. The van der Waals surface area contributed by atoms with Crippen molar-refractivity contribution >= 4 is 5.69 Å². The van der Waals surface area contributed by atoms with Crippen LogP contribution in [0.25, 0.3) is 0 Å². The van der Waals surface area contributed by atoms with Gasteiger partial charge in [0.15, 0.2) is 0 Å². The van der Waals surface area contributed by atoms with Gasteiger partial charge in [0, 0.05) is 11.2 Å². The molecule has 0 aliphatic carbocycles. The Morgan fingerprint density at radius 3 is 2.29 bits per heavy atom. The van der Waals surface area contributed by atoms with E-state index in [9.17, 15) is 0 Å². The quantitative estimate of drug-likeness (QED) is 0.606. The Balaban J connectivity index is 2.45. The predicted octanol–water partition coefficient (Wildman–Crippen LogP) is 5.24. The van der Waals surface area contributed by atoms with Crippen molar-refractivity contribution in [2.75, 3.05) is 5.32 Å². The SMILES string of the molecule is CCCCCCC(C)(CC)Nc1ccccc1. The standard InChI is InChI=1S/C16H27N/c1-4-6-7-11-14-16(3,5-2)17-15-12-9-8-10-13-15/h8-10,12-13,17H,4-7,11,14H2,1-3H3. The highest BCUT2D eigenvalue weighted by Gasteiger charge is 2.20. The Morgan fingerprint density at radius 2 is 1.71 bits per heavy atom. The number of hydrogen-bond donors (Lipinski definition) is 1. The monoisotopic (exact) mass is 233 g/mol. The van der Waals surface area contributed by atoms with Crippen molar-refractivity contribution in [1.29, 1.82) is 0 Å². The number of rotatable bonds is 8. The highest BCUT2D eigenvalue weighted by atomic mass is 15.0. The number of para-hydroxylation sites is 1. The van der Waals surface area contributed by atoms with Crippen molar-refractivity contribution in [2.45, 2.75) is 64.8 Å². The maximum Gasteiger partial charge on any atom is 0.0344 e. The Hall–Kier alpha value is -0.980. The topological polar surface area (TPSA) is 12.0 Å². The summed E-state index contributed by atoms with van der Waals surface area (Å²) in [7, 11) is 0. The molecular weight excluding hydrogens is 206 g/mol. The van der Waals surface area contributed by atoms with Gasteiger partial charge in [-0.3, -0.25) is 0 Å². The van der Waals surface area contributed by atoms with Crippen LogP contribution in [0.5, 0.6) is 0 Å². The van der Waals surface area contributed by atoms with Crippen LogP contribution in [0.1, 0.15) is 59.3 Å². The number of hydrogen-bond acceptors (Lipinski definition) is 1. The molecule has 0 aliphatic heterocycles. The summed E-state index contributed by atoms with van der Waals surface area (Å²) < 4.78 is 0. The van der Waals surface area contributed by atoms with Gasteiger partial charge in [-0.15, -0.1) is 0 Å². The maximum absolute atomic E-state index is 3.68. The van der Waals surface area contributed by atoms with Gasteiger partial charge in [-0.25, -0.2) is 0 Å². The van der Waals surface area contributed by atoms with Gasteiger partial charge >= 0.3 is 0 Å². The summed E-state index contributed by atoms with van der Waals surface area (Å²) >= 11 is 0. The summed E-state index contributed by atoms with van der Waals surface area (Å²) in [5.74, 6) is 0. The van der Waals surface area contributed by atoms with E-state index < -0.39 is 0 Å². The largest absolute Gasteiger partial charge is 0.380 e. The molecule has 0 amide bonds. The van der Waals surface area contributed by atoms with E-state index in [0.29, 0.717) is 0 Å². The van der Waals surface area contributed by atoms with Gasteiger partial charge in [-0.2, -0.15) is 0 Å². The van der Waals surface area contributed by atoms with Crippen LogP contribution < -0.4 is 5.32 Å². The molecule has 1 aromatic carbocycles. The van der Waals surface area contributed by atoms with Crippen molar-refractivity contribution in [3.63, 3.8) is 0 Å². The van der Waals surface area contributed by atoms with E-state index in [1.54, 1.807) is 0 Å². The molecule has 17 heavy (non-hydrogen) atoms. The van der Waals surface area contributed by atoms with Crippen LogP contribution in [0.4, 0.5) is 5.69 Å². The summed E-state index contributed by atoms with van der Waals surface area (Å²) in [6.07, 6.45) is 7.81. The molecule has 1 atom stereocenters. The average Bonchev–Trinajstić information content (AvgIpc) is 2.36. The molecule has 1 rings (SSSR count). The summed E-state index contributed by atoms with van der Waals surface area (Å²) in [5.41, 5.74) is 1.49. The second-order valence-corrected chi connectivity index (χ2v) is 5.22. The smallest absolute Gasteiger partial charge is 0.0344 e. The first-order valence-corrected chi connectivity index (χ1v) is 7.03. The van der Waals surface area contributed by atoms with Gasteiger partial charge in [-0.1, -0.05) is 57.7 Å². The molecule has 1 N–H and O–H groups in total. The van der Waals surface area contributed by atoms with E-state index in [0.717, 1.165) is 0 Å². The zero-order chi connectivity index (χ0) is 12.6. The molecule has 0 aliphatic rings. The second kappa shape index (κ2) is 7.37. The molecule has 0 spiro atoms. The summed E-state index contributed by atoms with van der Waals surface area (Å²) in [6.45, 7) is 6.88. The molecule has 1 unspecified atom stereocenters. The minimum atomic E-state index is 0.245. The maximum atomic E-state index is 3.68. The fraction of sp³-hybridized carbons (Fsp3) is 0.625. The second-order valence-electron chi connectivity index (χ2n) is 5.22. The Kier molecular flexibility index (Phi) is 6.10. The molecule has 1 nitrogen and oxygen atoms in total. The first kappa shape index (κ1) is 14.1. The van der Waals surface area contributed by atoms with Gasteiger partial charge in [0.25, 0.3) is 0 Å². The highest BCUT2D eigenvalue weighted by molar-refractivity contribution is 5.44. The molecule has 0 saturated carbocycles. The van der Waals surface area contributed by atoms with E-state index in [2.05, 4.69) is 56.4 Å². The van der Waals surface area contributed by atoms with Crippen molar-refractivity contribution < 1.29 is 0 Å². The Bertz CT molecular complexity index is 294. The first-order chi connectivity index (χ1) is 8.20. The van der Waals surface area contributed by atoms with Crippen LogP contribution >= 0.6 is 0 Å². The molecule has 0 fully saturated rings. The molecule has 0 radical (unpaired) electrons. The van der Waals surface area contributed by atoms with E-state index in [1.807, 2.05) is 0 Å². The minimum absolute atomic E-state index is 0.245. The van der Waals surface area contributed by atoms with E-state index in [4.69, 9.17) is 0 Å². The van der Waals surface area contributed by atoms with Crippen LogP contribution in [0.2, 0.25) is 0 Å². The zero-order valence-electron chi connectivity index (χ0n) is 11.6. The lowest BCUT2D eigenvalue weighted by molar-refractivity contribution is 0.430. The normalized spacial score (nSPS) is 14.3. The van der Waals surface area contributed by atoms with Gasteiger partial charge < -0.3 is 5.32 Å². The number of unbranched alkanes of at least 4 members (excludes halogenated alkanes) is 3. The molecule has 1 heteroatoms. The van der Waals surface area contributed by atoms with E-state index in [-0.39, 0.29) is 5.54 Å². The van der Waals surface area contributed by atoms with Gasteiger partial charge in [0.2, 0.25) is 0 Å². The number of nitrogens with one attached hydrogen (secondary N) is 1. The number of anilines is 1. The summed E-state index contributed by atoms with van der Waals surface area (Å²) in [4.78, 5) is 0. The highest BCUT2D eigenvalue weighted by Crippen LogP contribution is 2.24. The molecule has 0 heterocycles. The third-order valence-electron chi connectivity index (χ3n) is 3.58.